The molecule has 1 N–H and O–H groups in total. The number of benzene rings is 1. The van der Waals surface area contributed by atoms with Crippen LogP contribution in [0.15, 0.2) is 18.2 Å². The first-order chi connectivity index (χ1) is 12.3. The number of nitriles is 1. The summed E-state index contributed by atoms with van der Waals surface area (Å²) in [5, 5.41) is 19.7. The largest absolute Gasteiger partial charge is 0.490 e. The van der Waals surface area contributed by atoms with Gasteiger partial charge in [-0.2, -0.15) is 5.26 Å². The molecule has 1 saturated heterocycles. The molecule has 1 amide bonds. The molecule has 2 aliphatic rings. The summed E-state index contributed by atoms with van der Waals surface area (Å²) < 4.78 is 11.0. The molecule has 1 aromatic carbocycles. The van der Waals surface area contributed by atoms with E-state index in [0.29, 0.717) is 37.5 Å². The number of fused-ring (bicyclic) bond motifs is 1. The highest BCUT2D eigenvalue weighted by Crippen LogP contribution is 2.37. The molecule has 0 radical (unpaired) electrons. The molecule has 2 heterocycles. The zero-order chi connectivity index (χ0) is 18.9. The first-order valence-electron chi connectivity index (χ1n) is 8.85. The SMILES string of the molecule is CC(C)(C)OC(=O)N1CCN([C@H]2c3cc(C#N)ccc3OC[C@@H]2O)CC1. The molecule has 7 heteroatoms. The summed E-state index contributed by atoms with van der Waals surface area (Å²) in [6, 6.07) is 7.17. The molecule has 1 fully saturated rings. The molecule has 0 spiro atoms. The summed E-state index contributed by atoms with van der Waals surface area (Å²) in [6.07, 6.45) is -0.985. The van der Waals surface area contributed by atoms with Gasteiger partial charge in [0.05, 0.1) is 17.7 Å². The lowest BCUT2D eigenvalue weighted by Crippen LogP contribution is -2.53. The van der Waals surface area contributed by atoms with Gasteiger partial charge >= 0.3 is 6.09 Å². The van der Waals surface area contributed by atoms with Crippen LogP contribution in [0, 0.1) is 11.3 Å². The minimum absolute atomic E-state index is 0.218. The molecule has 3 rings (SSSR count). The van der Waals surface area contributed by atoms with E-state index in [0.717, 1.165) is 5.56 Å². The molecule has 0 unspecified atom stereocenters. The van der Waals surface area contributed by atoms with Crippen LogP contribution in [0.4, 0.5) is 4.79 Å². The van der Waals surface area contributed by atoms with Gasteiger partial charge in [-0.15, -0.1) is 0 Å². The Morgan fingerprint density at radius 2 is 2.00 bits per heavy atom. The van der Waals surface area contributed by atoms with E-state index in [4.69, 9.17) is 14.7 Å². The zero-order valence-corrected chi connectivity index (χ0v) is 15.4. The quantitative estimate of drug-likeness (QED) is 0.824. The van der Waals surface area contributed by atoms with Gasteiger partial charge < -0.3 is 19.5 Å². The molecular weight excluding hydrogens is 334 g/mol. The number of carbonyl (C=O) groups is 1. The fraction of sp³-hybridized carbons (Fsp3) is 0.579. The van der Waals surface area contributed by atoms with E-state index < -0.39 is 11.7 Å². The summed E-state index contributed by atoms with van der Waals surface area (Å²) >= 11 is 0. The van der Waals surface area contributed by atoms with E-state index >= 15 is 0 Å². The van der Waals surface area contributed by atoms with Gasteiger partial charge in [-0.1, -0.05) is 0 Å². The maximum Gasteiger partial charge on any atom is 0.410 e. The molecule has 0 aliphatic carbocycles. The third-order valence-corrected chi connectivity index (χ3v) is 4.59. The maximum absolute atomic E-state index is 12.2. The van der Waals surface area contributed by atoms with Crippen LogP contribution in [0.2, 0.25) is 0 Å². The zero-order valence-electron chi connectivity index (χ0n) is 15.4. The predicted molar refractivity (Wildman–Crippen MR) is 94.8 cm³/mol. The lowest BCUT2D eigenvalue weighted by Gasteiger charge is -2.43. The molecule has 2 atom stereocenters. The summed E-state index contributed by atoms with van der Waals surface area (Å²) in [6.45, 7) is 8.08. The predicted octanol–water partition coefficient (Wildman–Crippen LogP) is 1.91. The van der Waals surface area contributed by atoms with Crippen LogP contribution in [0.3, 0.4) is 0 Å². The van der Waals surface area contributed by atoms with E-state index in [9.17, 15) is 9.90 Å². The first-order valence-corrected chi connectivity index (χ1v) is 8.85. The molecule has 26 heavy (non-hydrogen) atoms. The highest BCUT2D eigenvalue weighted by molar-refractivity contribution is 5.68. The normalized spacial score (nSPS) is 23.6. The number of aliphatic hydroxyl groups excluding tert-OH is 1. The van der Waals surface area contributed by atoms with Crippen molar-refractivity contribution in [2.45, 2.75) is 38.5 Å². The highest BCUT2D eigenvalue weighted by Gasteiger charge is 2.37. The van der Waals surface area contributed by atoms with Gasteiger partial charge in [-0.3, -0.25) is 4.90 Å². The number of ether oxygens (including phenoxy) is 2. The second kappa shape index (κ2) is 7.14. The van der Waals surface area contributed by atoms with Gasteiger partial charge in [0.25, 0.3) is 0 Å². The van der Waals surface area contributed by atoms with Crippen molar-refractivity contribution >= 4 is 6.09 Å². The second-order valence-electron chi connectivity index (χ2n) is 7.69. The number of hydrogen-bond acceptors (Lipinski definition) is 6. The van der Waals surface area contributed by atoms with E-state index in [1.807, 2.05) is 20.8 Å². The van der Waals surface area contributed by atoms with Gasteiger partial charge in [0.15, 0.2) is 0 Å². The standard InChI is InChI=1S/C19H25N3O4/c1-19(2,3)26-18(24)22-8-6-21(7-9-22)17-14-10-13(11-20)4-5-16(14)25-12-15(17)23/h4-5,10,15,17,23H,6-9,12H2,1-3H3/t15-,17-/m0/s1. The molecular formula is C19H25N3O4. The van der Waals surface area contributed by atoms with Gasteiger partial charge in [-0.25, -0.2) is 4.79 Å². The van der Waals surface area contributed by atoms with Crippen molar-refractivity contribution in [1.29, 1.82) is 5.26 Å². The van der Waals surface area contributed by atoms with E-state index in [-0.39, 0.29) is 18.7 Å². The van der Waals surface area contributed by atoms with Crippen LogP contribution in [0.25, 0.3) is 0 Å². The van der Waals surface area contributed by atoms with Crippen LogP contribution in [-0.4, -0.2) is 65.5 Å². The number of nitrogens with zero attached hydrogens (tertiary/aromatic N) is 3. The monoisotopic (exact) mass is 359 g/mol. The van der Waals surface area contributed by atoms with Crippen LogP contribution < -0.4 is 4.74 Å². The molecule has 1 aromatic rings. The van der Waals surface area contributed by atoms with Crippen molar-refractivity contribution in [3.63, 3.8) is 0 Å². The van der Waals surface area contributed by atoms with Gasteiger partial charge in [0, 0.05) is 31.7 Å². The number of amides is 1. The van der Waals surface area contributed by atoms with E-state index in [2.05, 4.69) is 11.0 Å². The van der Waals surface area contributed by atoms with Crippen molar-refractivity contribution in [2.24, 2.45) is 0 Å². The van der Waals surface area contributed by atoms with Crippen LogP contribution >= 0.6 is 0 Å². The van der Waals surface area contributed by atoms with Crippen molar-refractivity contribution in [3.8, 4) is 11.8 Å². The number of aliphatic hydroxyl groups is 1. The summed E-state index contributed by atoms with van der Waals surface area (Å²) in [7, 11) is 0. The molecule has 0 bridgehead atoms. The van der Waals surface area contributed by atoms with Crippen LogP contribution in [0.1, 0.15) is 37.9 Å². The number of rotatable bonds is 1. The molecule has 0 saturated carbocycles. The Bertz CT molecular complexity index is 714. The average molecular weight is 359 g/mol. The van der Waals surface area contributed by atoms with Gasteiger partial charge in [0.1, 0.15) is 24.1 Å². The van der Waals surface area contributed by atoms with Crippen molar-refractivity contribution < 1.29 is 19.4 Å². The second-order valence-corrected chi connectivity index (χ2v) is 7.69. The Balaban J connectivity index is 1.72. The summed E-state index contributed by atoms with van der Waals surface area (Å²) in [4.78, 5) is 16.1. The van der Waals surface area contributed by atoms with E-state index in [1.165, 1.54) is 0 Å². The Hall–Kier alpha value is -2.30. The third kappa shape index (κ3) is 3.92. The fourth-order valence-corrected chi connectivity index (χ4v) is 3.40. The Labute approximate surface area is 153 Å². The Morgan fingerprint density at radius 3 is 2.62 bits per heavy atom. The van der Waals surface area contributed by atoms with Crippen molar-refractivity contribution in [2.75, 3.05) is 32.8 Å². The summed E-state index contributed by atoms with van der Waals surface area (Å²) in [5.41, 5.74) is 0.852. The lowest BCUT2D eigenvalue weighted by molar-refractivity contribution is -0.0254. The molecule has 0 aromatic heterocycles. The molecule has 2 aliphatic heterocycles. The highest BCUT2D eigenvalue weighted by atomic mass is 16.6. The maximum atomic E-state index is 12.2. The Morgan fingerprint density at radius 1 is 1.31 bits per heavy atom. The third-order valence-electron chi connectivity index (χ3n) is 4.59. The first kappa shape index (κ1) is 18.5. The summed E-state index contributed by atoms with van der Waals surface area (Å²) in [5.74, 6) is 0.703. The topological polar surface area (TPSA) is 86.0 Å². The van der Waals surface area contributed by atoms with Gasteiger partial charge in [-0.05, 0) is 39.0 Å². The number of carbonyl (C=O) groups excluding carboxylic acids is 1. The van der Waals surface area contributed by atoms with E-state index in [1.54, 1.807) is 23.1 Å². The molecule has 7 nitrogen and oxygen atoms in total. The molecule has 140 valence electrons. The van der Waals surface area contributed by atoms with Gasteiger partial charge in [0.2, 0.25) is 0 Å². The van der Waals surface area contributed by atoms with Crippen LogP contribution in [-0.2, 0) is 4.74 Å². The fourth-order valence-electron chi connectivity index (χ4n) is 3.40. The average Bonchev–Trinajstić information content (AvgIpc) is 2.60. The van der Waals surface area contributed by atoms with Crippen LogP contribution in [0.5, 0.6) is 5.75 Å². The van der Waals surface area contributed by atoms with Crippen molar-refractivity contribution in [3.05, 3.63) is 29.3 Å². The minimum atomic E-state index is -0.676. The van der Waals surface area contributed by atoms with Crippen molar-refractivity contribution in [1.82, 2.24) is 9.80 Å². The minimum Gasteiger partial charge on any atom is -0.490 e. The Kier molecular flexibility index (Phi) is 5.08. The lowest BCUT2D eigenvalue weighted by atomic mass is 9.94. The number of piperazine rings is 1. The smallest absolute Gasteiger partial charge is 0.410 e. The number of hydrogen-bond donors (Lipinski definition) is 1.